The zero-order valence-electron chi connectivity index (χ0n) is 15.9. The van der Waals surface area contributed by atoms with Crippen molar-refractivity contribution < 1.29 is 14.3 Å². The maximum atomic E-state index is 12.3. The molecule has 1 aromatic rings. The van der Waals surface area contributed by atoms with Crippen LogP contribution in [-0.2, 0) is 20.7 Å². The van der Waals surface area contributed by atoms with E-state index in [4.69, 9.17) is 10.5 Å². The average molecular weight is 433 g/mol. The van der Waals surface area contributed by atoms with Crippen LogP contribution in [0.1, 0.15) is 12.0 Å². The van der Waals surface area contributed by atoms with E-state index in [1.807, 2.05) is 35.2 Å². The van der Waals surface area contributed by atoms with Crippen molar-refractivity contribution in [2.24, 2.45) is 5.73 Å². The van der Waals surface area contributed by atoms with Crippen molar-refractivity contribution in [3.63, 3.8) is 0 Å². The summed E-state index contributed by atoms with van der Waals surface area (Å²) in [6.07, 6.45) is 0.848. The highest BCUT2D eigenvalue weighted by atomic mass is 35.5. The van der Waals surface area contributed by atoms with Gasteiger partial charge in [-0.2, -0.15) is 0 Å². The molecule has 0 aliphatic carbocycles. The minimum atomic E-state index is -0.602. The highest BCUT2D eigenvalue weighted by Crippen LogP contribution is 2.12. The number of carbonyl (C=O) groups is 2. The molecule has 7 nitrogen and oxygen atoms in total. The predicted molar refractivity (Wildman–Crippen MR) is 113 cm³/mol. The molecule has 2 aliphatic rings. The van der Waals surface area contributed by atoms with Gasteiger partial charge in [0, 0.05) is 39.1 Å². The Balaban J connectivity index is 0.00000196. The normalized spacial score (nSPS) is 20.8. The van der Waals surface area contributed by atoms with Gasteiger partial charge < -0.3 is 20.7 Å². The number of likely N-dealkylation sites (tertiary alicyclic amines) is 1. The molecular weight excluding hydrogens is 403 g/mol. The second-order valence-electron chi connectivity index (χ2n) is 7.00. The molecule has 2 aliphatic heterocycles. The van der Waals surface area contributed by atoms with Gasteiger partial charge in [-0.3, -0.25) is 14.5 Å². The van der Waals surface area contributed by atoms with E-state index in [0.29, 0.717) is 25.9 Å². The van der Waals surface area contributed by atoms with Crippen LogP contribution in [0.4, 0.5) is 0 Å². The molecule has 2 amide bonds. The van der Waals surface area contributed by atoms with Crippen molar-refractivity contribution in [1.29, 1.82) is 0 Å². The van der Waals surface area contributed by atoms with Gasteiger partial charge in [0.15, 0.2) is 0 Å². The number of hydrogen-bond donors (Lipinski definition) is 2. The maximum absolute atomic E-state index is 12.3. The van der Waals surface area contributed by atoms with Crippen LogP contribution in [0.15, 0.2) is 30.3 Å². The van der Waals surface area contributed by atoms with Crippen molar-refractivity contribution >= 4 is 36.6 Å². The van der Waals surface area contributed by atoms with E-state index in [0.717, 1.165) is 38.4 Å². The summed E-state index contributed by atoms with van der Waals surface area (Å²) < 4.78 is 5.34. The van der Waals surface area contributed by atoms with Crippen molar-refractivity contribution in [2.75, 3.05) is 45.9 Å². The Hall–Kier alpha value is -1.38. The molecule has 2 heterocycles. The molecule has 0 aromatic heterocycles. The molecule has 1 aromatic carbocycles. The number of nitrogens with one attached hydrogen (secondary N) is 1. The van der Waals surface area contributed by atoms with Gasteiger partial charge >= 0.3 is 0 Å². The van der Waals surface area contributed by atoms with Gasteiger partial charge in [-0.25, -0.2) is 0 Å². The van der Waals surface area contributed by atoms with Crippen molar-refractivity contribution in [3.05, 3.63) is 35.9 Å². The molecular formula is C19H30Cl2N4O3. The monoisotopic (exact) mass is 432 g/mol. The van der Waals surface area contributed by atoms with Gasteiger partial charge in [0.1, 0.15) is 0 Å². The summed E-state index contributed by atoms with van der Waals surface area (Å²) >= 11 is 0. The molecule has 2 fully saturated rings. The number of nitrogens with zero attached hydrogens (tertiary/aromatic N) is 2. The third kappa shape index (κ3) is 7.22. The van der Waals surface area contributed by atoms with Crippen LogP contribution in [-0.4, -0.2) is 79.6 Å². The first-order valence-corrected chi connectivity index (χ1v) is 9.29. The van der Waals surface area contributed by atoms with Gasteiger partial charge in [0.05, 0.1) is 25.3 Å². The number of halogens is 2. The van der Waals surface area contributed by atoms with Gasteiger partial charge in [-0.05, 0) is 12.0 Å². The summed E-state index contributed by atoms with van der Waals surface area (Å²) in [6, 6.07) is 8.96. The number of hydrogen-bond acceptors (Lipinski definition) is 5. The first kappa shape index (κ1) is 24.7. The topological polar surface area (TPSA) is 87.9 Å². The zero-order valence-corrected chi connectivity index (χ0v) is 17.6. The summed E-state index contributed by atoms with van der Waals surface area (Å²) in [5.41, 5.74) is 7.06. The predicted octanol–water partition coefficient (Wildman–Crippen LogP) is 0.449. The molecule has 0 bridgehead atoms. The summed E-state index contributed by atoms with van der Waals surface area (Å²) in [4.78, 5) is 28.7. The van der Waals surface area contributed by atoms with E-state index in [9.17, 15) is 9.59 Å². The van der Waals surface area contributed by atoms with E-state index in [-0.39, 0.29) is 42.7 Å². The lowest BCUT2D eigenvalue weighted by Gasteiger charge is -2.28. The summed E-state index contributed by atoms with van der Waals surface area (Å²) in [5.74, 6) is -0.0955. The van der Waals surface area contributed by atoms with E-state index in [1.54, 1.807) is 0 Å². The van der Waals surface area contributed by atoms with E-state index in [1.165, 1.54) is 0 Å². The number of carbonyl (C=O) groups excluding carboxylic acids is 2. The zero-order chi connectivity index (χ0) is 18.4. The largest absolute Gasteiger partial charge is 0.379 e. The highest BCUT2D eigenvalue weighted by molar-refractivity contribution is 5.86. The number of nitrogens with two attached hydrogens (primary N) is 1. The van der Waals surface area contributed by atoms with Gasteiger partial charge in [-0.1, -0.05) is 30.3 Å². The maximum Gasteiger partial charge on any atom is 0.237 e. The Labute approximate surface area is 178 Å². The molecule has 0 radical (unpaired) electrons. The smallest absolute Gasteiger partial charge is 0.237 e. The fraction of sp³-hybridized carbons (Fsp3) is 0.579. The third-order valence-electron chi connectivity index (χ3n) is 4.99. The number of ether oxygens (including phenoxy) is 1. The summed E-state index contributed by atoms with van der Waals surface area (Å²) in [7, 11) is 0. The first-order chi connectivity index (χ1) is 12.6. The molecule has 158 valence electrons. The molecule has 28 heavy (non-hydrogen) atoms. The first-order valence-electron chi connectivity index (χ1n) is 9.29. The van der Waals surface area contributed by atoms with Crippen molar-refractivity contribution in [1.82, 2.24) is 15.1 Å². The average Bonchev–Trinajstić information content (AvgIpc) is 3.01. The Morgan fingerprint density at radius 1 is 1.18 bits per heavy atom. The quantitative estimate of drug-likeness (QED) is 0.652. The standard InChI is InChI=1S/C19H28N4O3.2ClH/c20-17(12-15-4-2-1-3-5-15)19(25)21-16-13-18(24)23(14-16)7-6-22-8-10-26-11-9-22;;/h1-5,16-17H,6-14,20H2,(H,21,25);2*1H. The molecule has 2 atom stereocenters. The van der Waals surface area contributed by atoms with Crippen LogP contribution in [0.25, 0.3) is 0 Å². The number of rotatable bonds is 7. The summed E-state index contributed by atoms with van der Waals surface area (Å²) in [6.45, 7) is 5.45. The fourth-order valence-electron chi connectivity index (χ4n) is 3.44. The van der Waals surface area contributed by atoms with E-state index >= 15 is 0 Å². The van der Waals surface area contributed by atoms with Crippen LogP contribution in [0, 0.1) is 0 Å². The number of benzene rings is 1. The molecule has 3 N–H and O–H groups in total. The Kier molecular flexibility index (Phi) is 10.8. The lowest BCUT2D eigenvalue weighted by Crippen LogP contribution is -2.47. The van der Waals surface area contributed by atoms with Crippen LogP contribution < -0.4 is 11.1 Å². The minimum Gasteiger partial charge on any atom is -0.379 e. The molecule has 0 spiro atoms. The number of amides is 2. The van der Waals surface area contributed by atoms with Gasteiger partial charge in [0.25, 0.3) is 0 Å². The molecule has 9 heteroatoms. The molecule has 3 rings (SSSR count). The van der Waals surface area contributed by atoms with E-state index in [2.05, 4.69) is 10.2 Å². The van der Waals surface area contributed by atoms with Crippen LogP contribution in [0.5, 0.6) is 0 Å². The van der Waals surface area contributed by atoms with E-state index < -0.39 is 6.04 Å². The summed E-state index contributed by atoms with van der Waals surface area (Å²) in [5, 5.41) is 2.94. The van der Waals surface area contributed by atoms with Crippen molar-refractivity contribution in [3.8, 4) is 0 Å². The Morgan fingerprint density at radius 3 is 2.54 bits per heavy atom. The SMILES string of the molecule is Cl.Cl.NC(Cc1ccccc1)C(=O)NC1CC(=O)N(CCN2CCOCC2)C1. The minimum absolute atomic E-state index is 0. The van der Waals surface area contributed by atoms with Gasteiger partial charge in [0.2, 0.25) is 11.8 Å². The third-order valence-corrected chi connectivity index (χ3v) is 4.99. The lowest BCUT2D eigenvalue weighted by atomic mass is 10.1. The van der Waals surface area contributed by atoms with Crippen LogP contribution in [0.2, 0.25) is 0 Å². The molecule has 2 unspecified atom stereocenters. The van der Waals surface area contributed by atoms with Crippen molar-refractivity contribution in [2.45, 2.75) is 24.9 Å². The Morgan fingerprint density at radius 2 is 1.86 bits per heavy atom. The second kappa shape index (κ2) is 12.2. The van der Waals surface area contributed by atoms with Gasteiger partial charge in [-0.15, -0.1) is 24.8 Å². The van der Waals surface area contributed by atoms with Crippen LogP contribution >= 0.6 is 24.8 Å². The molecule has 0 saturated carbocycles. The molecule has 2 saturated heterocycles. The Bertz CT molecular complexity index is 614. The number of morpholine rings is 1. The lowest BCUT2D eigenvalue weighted by molar-refractivity contribution is -0.128. The fourth-order valence-corrected chi connectivity index (χ4v) is 3.44. The second-order valence-corrected chi connectivity index (χ2v) is 7.00. The highest BCUT2D eigenvalue weighted by Gasteiger charge is 2.31. The van der Waals surface area contributed by atoms with Crippen LogP contribution in [0.3, 0.4) is 0 Å².